The van der Waals surface area contributed by atoms with Gasteiger partial charge in [0.25, 0.3) is 0 Å². The highest BCUT2D eigenvalue weighted by molar-refractivity contribution is 7.07. The van der Waals surface area contributed by atoms with E-state index in [2.05, 4.69) is 33.7 Å². The minimum absolute atomic E-state index is 0.311. The number of alkyl halides is 3. The highest BCUT2D eigenvalue weighted by atomic mass is 32.1. The van der Waals surface area contributed by atoms with E-state index in [0.717, 1.165) is 32.7 Å². The Morgan fingerprint density at radius 3 is 2.74 bits per heavy atom. The van der Waals surface area contributed by atoms with Gasteiger partial charge in [0.2, 0.25) is 0 Å². The van der Waals surface area contributed by atoms with Crippen molar-refractivity contribution in [3.05, 3.63) is 39.8 Å². The minimum Gasteiger partial charge on any atom is -0.475 e. The van der Waals surface area contributed by atoms with Crippen LogP contribution in [0.15, 0.2) is 23.0 Å². The zero-order valence-electron chi connectivity index (χ0n) is 15.1. The lowest BCUT2D eigenvalue weighted by molar-refractivity contribution is -0.192. The number of aliphatic carboxylic acids is 1. The van der Waals surface area contributed by atoms with Crippen molar-refractivity contribution < 1.29 is 27.8 Å². The predicted octanol–water partition coefficient (Wildman–Crippen LogP) is 3.25. The number of aryl methyl sites for hydroxylation is 1. The molecular formula is C17H22F3N3O3S. The van der Waals surface area contributed by atoms with Crippen LogP contribution in [0, 0.1) is 0 Å². The van der Waals surface area contributed by atoms with Crippen molar-refractivity contribution >= 4 is 17.3 Å². The average Bonchev–Trinajstić information content (AvgIpc) is 3.24. The Morgan fingerprint density at radius 2 is 2.19 bits per heavy atom. The first kappa shape index (κ1) is 21.4. The molecule has 2 aromatic heterocycles. The van der Waals surface area contributed by atoms with Gasteiger partial charge in [0.1, 0.15) is 0 Å². The van der Waals surface area contributed by atoms with Crippen molar-refractivity contribution in [2.45, 2.75) is 32.1 Å². The van der Waals surface area contributed by atoms with Crippen LogP contribution in [0.2, 0.25) is 0 Å². The first-order chi connectivity index (χ1) is 12.7. The van der Waals surface area contributed by atoms with E-state index in [9.17, 15) is 13.2 Å². The number of halogens is 3. The van der Waals surface area contributed by atoms with Crippen molar-refractivity contribution in [3.63, 3.8) is 0 Å². The summed E-state index contributed by atoms with van der Waals surface area (Å²) in [4.78, 5) is 11.4. The summed E-state index contributed by atoms with van der Waals surface area (Å²) in [6.07, 6.45) is -1.99. The van der Waals surface area contributed by atoms with Crippen molar-refractivity contribution in [2.24, 2.45) is 7.05 Å². The molecule has 3 heterocycles. The standard InChI is InChI=1S/C15H21N3OS.C2HF3O2/c1-3-19-10-14-15-13(8-16-17(15)2)4-6-18(14)9-12-5-7-20-11-12;3-2(4,5)1(6)7/h5,7-8,11,14H,3-4,6,9-10H2,1-2H3;(H,6,7). The predicted molar refractivity (Wildman–Crippen MR) is 94.6 cm³/mol. The Hall–Kier alpha value is -1.91. The zero-order valence-corrected chi connectivity index (χ0v) is 15.9. The number of nitrogens with zero attached hydrogens (tertiary/aromatic N) is 3. The fourth-order valence-electron chi connectivity index (χ4n) is 2.93. The highest BCUT2D eigenvalue weighted by Gasteiger charge is 2.38. The van der Waals surface area contributed by atoms with Crippen LogP contribution in [0.3, 0.4) is 0 Å². The molecule has 0 amide bonds. The van der Waals surface area contributed by atoms with Gasteiger partial charge in [-0.05, 0) is 41.3 Å². The molecule has 0 fully saturated rings. The van der Waals surface area contributed by atoms with E-state index in [-0.39, 0.29) is 0 Å². The molecule has 150 valence electrons. The number of thiophene rings is 1. The smallest absolute Gasteiger partial charge is 0.475 e. The normalized spacial score (nSPS) is 17.1. The Bertz CT molecular complexity index is 732. The van der Waals surface area contributed by atoms with E-state index in [0.29, 0.717) is 6.04 Å². The number of ether oxygens (including phenoxy) is 1. The summed E-state index contributed by atoms with van der Waals surface area (Å²) in [5, 5.41) is 15.9. The zero-order chi connectivity index (χ0) is 20.0. The first-order valence-electron chi connectivity index (χ1n) is 8.37. The lowest BCUT2D eigenvalue weighted by Gasteiger charge is -2.35. The molecule has 0 bridgehead atoms. The molecule has 0 saturated carbocycles. The highest BCUT2D eigenvalue weighted by Crippen LogP contribution is 2.31. The Labute approximate surface area is 159 Å². The van der Waals surface area contributed by atoms with Gasteiger partial charge in [-0.3, -0.25) is 9.58 Å². The molecule has 2 aromatic rings. The molecule has 0 aromatic carbocycles. The third-order valence-electron chi connectivity index (χ3n) is 4.18. The Kier molecular flexibility index (Phi) is 7.40. The number of aromatic nitrogens is 2. The van der Waals surface area contributed by atoms with Crippen molar-refractivity contribution in [2.75, 3.05) is 19.8 Å². The van der Waals surface area contributed by atoms with Gasteiger partial charge in [0, 0.05) is 26.7 Å². The van der Waals surface area contributed by atoms with Gasteiger partial charge in [-0.15, -0.1) is 0 Å². The number of carboxylic acids is 1. The monoisotopic (exact) mass is 405 g/mol. The molecule has 1 N–H and O–H groups in total. The SMILES string of the molecule is CCOCC1c2c(cnn2C)CCN1Cc1ccsc1.O=C(O)C(F)(F)F. The van der Waals surface area contributed by atoms with Gasteiger partial charge in [0.15, 0.2) is 0 Å². The topological polar surface area (TPSA) is 67.6 Å². The average molecular weight is 405 g/mol. The lowest BCUT2D eigenvalue weighted by Crippen LogP contribution is -2.38. The van der Waals surface area contributed by atoms with Crippen LogP contribution in [-0.2, 0) is 29.5 Å². The number of fused-ring (bicyclic) bond motifs is 1. The van der Waals surface area contributed by atoms with E-state index >= 15 is 0 Å². The molecule has 0 spiro atoms. The van der Waals surface area contributed by atoms with E-state index in [1.54, 1.807) is 11.3 Å². The molecule has 1 atom stereocenters. The maximum Gasteiger partial charge on any atom is 0.490 e. The van der Waals surface area contributed by atoms with Crippen LogP contribution in [-0.4, -0.2) is 51.7 Å². The van der Waals surface area contributed by atoms with Crippen LogP contribution < -0.4 is 0 Å². The second-order valence-corrected chi connectivity index (χ2v) is 6.79. The van der Waals surface area contributed by atoms with Crippen LogP contribution in [0.5, 0.6) is 0 Å². The molecule has 3 rings (SSSR count). The van der Waals surface area contributed by atoms with Crippen molar-refractivity contribution in [3.8, 4) is 0 Å². The fraction of sp³-hybridized carbons (Fsp3) is 0.529. The van der Waals surface area contributed by atoms with Crippen LogP contribution in [0.4, 0.5) is 13.2 Å². The Morgan fingerprint density at radius 1 is 1.48 bits per heavy atom. The quantitative estimate of drug-likeness (QED) is 0.827. The maximum absolute atomic E-state index is 10.6. The molecule has 0 radical (unpaired) electrons. The summed E-state index contributed by atoms with van der Waals surface area (Å²) in [7, 11) is 2.03. The van der Waals surface area contributed by atoms with E-state index in [4.69, 9.17) is 14.6 Å². The van der Waals surface area contributed by atoms with Gasteiger partial charge in [-0.1, -0.05) is 0 Å². The van der Waals surface area contributed by atoms with Crippen molar-refractivity contribution in [1.29, 1.82) is 0 Å². The fourth-order valence-corrected chi connectivity index (χ4v) is 3.59. The molecule has 0 saturated heterocycles. The summed E-state index contributed by atoms with van der Waals surface area (Å²) in [5.41, 5.74) is 4.08. The molecule has 6 nitrogen and oxygen atoms in total. The van der Waals surface area contributed by atoms with E-state index in [1.165, 1.54) is 16.8 Å². The summed E-state index contributed by atoms with van der Waals surface area (Å²) in [6, 6.07) is 2.52. The lowest BCUT2D eigenvalue weighted by atomic mass is 9.99. The van der Waals surface area contributed by atoms with E-state index in [1.807, 2.05) is 17.9 Å². The second kappa shape index (κ2) is 9.34. The maximum atomic E-state index is 10.6. The number of hydrogen-bond acceptors (Lipinski definition) is 5. The molecule has 1 aliphatic heterocycles. The largest absolute Gasteiger partial charge is 0.490 e. The van der Waals surface area contributed by atoms with Crippen molar-refractivity contribution in [1.82, 2.24) is 14.7 Å². The Balaban J connectivity index is 0.000000321. The van der Waals surface area contributed by atoms with Gasteiger partial charge in [-0.2, -0.15) is 29.6 Å². The summed E-state index contributed by atoms with van der Waals surface area (Å²) >= 11 is 1.76. The number of hydrogen-bond donors (Lipinski definition) is 1. The number of carboxylic acid groups (broad SMARTS) is 1. The molecule has 1 aliphatic rings. The van der Waals surface area contributed by atoms with Gasteiger partial charge >= 0.3 is 12.1 Å². The molecular weight excluding hydrogens is 383 g/mol. The molecule has 1 unspecified atom stereocenters. The summed E-state index contributed by atoms with van der Waals surface area (Å²) in [5.74, 6) is -2.76. The third-order valence-corrected chi connectivity index (χ3v) is 4.91. The van der Waals surface area contributed by atoms with E-state index < -0.39 is 12.1 Å². The van der Waals surface area contributed by atoms with Crippen LogP contribution in [0.25, 0.3) is 0 Å². The molecule has 27 heavy (non-hydrogen) atoms. The van der Waals surface area contributed by atoms with Gasteiger partial charge < -0.3 is 9.84 Å². The molecule has 0 aliphatic carbocycles. The minimum atomic E-state index is -5.08. The number of rotatable bonds is 5. The molecule has 10 heteroatoms. The number of carbonyl (C=O) groups is 1. The van der Waals surface area contributed by atoms with Gasteiger partial charge in [0.05, 0.1) is 24.5 Å². The third kappa shape index (κ3) is 5.78. The summed E-state index contributed by atoms with van der Waals surface area (Å²) in [6.45, 7) is 5.62. The first-order valence-corrected chi connectivity index (χ1v) is 9.32. The van der Waals surface area contributed by atoms with Crippen LogP contribution in [0.1, 0.15) is 29.8 Å². The van der Waals surface area contributed by atoms with Gasteiger partial charge in [-0.25, -0.2) is 4.79 Å². The second-order valence-electron chi connectivity index (χ2n) is 6.01. The summed E-state index contributed by atoms with van der Waals surface area (Å²) < 4.78 is 39.5. The van der Waals surface area contributed by atoms with Crippen LogP contribution >= 0.6 is 11.3 Å².